The maximum Gasteiger partial charge on any atom is 0.305 e. The maximum absolute atomic E-state index is 12.6. The van der Waals surface area contributed by atoms with Gasteiger partial charge in [0.2, 0.25) is 0 Å². The van der Waals surface area contributed by atoms with Gasteiger partial charge >= 0.3 is 5.97 Å². The summed E-state index contributed by atoms with van der Waals surface area (Å²) in [6, 6.07) is 5.65. The number of thiocarbonyl (C=S) groups is 1. The van der Waals surface area contributed by atoms with Gasteiger partial charge in [0.15, 0.2) is 0 Å². The van der Waals surface area contributed by atoms with Gasteiger partial charge in [-0.15, -0.1) is 0 Å². The molecule has 0 radical (unpaired) electrons. The minimum absolute atomic E-state index is 0.0673. The fourth-order valence-electron chi connectivity index (χ4n) is 2.57. The molecule has 0 N–H and O–H groups in total. The lowest BCUT2D eigenvalue weighted by molar-refractivity contribution is -0.143. The number of methoxy groups -OCH3 is 1. The van der Waals surface area contributed by atoms with Crippen LogP contribution in [0.1, 0.15) is 38.2 Å². The van der Waals surface area contributed by atoms with Crippen molar-refractivity contribution in [3.05, 3.63) is 33.1 Å². The van der Waals surface area contributed by atoms with Crippen molar-refractivity contribution in [2.24, 2.45) is 0 Å². The minimum atomic E-state index is -0.170. The number of benzene rings is 1. The summed E-state index contributed by atoms with van der Waals surface area (Å²) in [4.78, 5) is 26.2. The Kier molecular flexibility index (Phi) is 8.79. The van der Waals surface area contributed by atoms with E-state index < -0.39 is 0 Å². The predicted molar refractivity (Wildman–Crippen MR) is 116 cm³/mol. The van der Waals surface area contributed by atoms with Crippen LogP contribution in [0.25, 0.3) is 6.08 Å². The van der Waals surface area contributed by atoms with Crippen LogP contribution >= 0.6 is 39.9 Å². The van der Waals surface area contributed by atoms with Gasteiger partial charge in [0.25, 0.3) is 5.91 Å². The molecule has 27 heavy (non-hydrogen) atoms. The zero-order chi connectivity index (χ0) is 19.8. The highest BCUT2D eigenvalue weighted by Gasteiger charge is 2.31. The Bertz CT molecular complexity index is 751. The normalized spacial score (nSPS) is 15.5. The number of amides is 1. The van der Waals surface area contributed by atoms with E-state index in [-0.39, 0.29) is 11.9 Å². The monoisotopic (exact) mass is 471 g/mol. The Balaban J connectivity index is 1.89. The van der Waals surface area contributed by atoms with Gasteiger partial charge in [0.1, 0.15) is 10.1 Å². The molecule has 1 aromatic carbocycles. The summed E-state index contributed by atoms with van der Waals surface area (Å²) in [6.07, 6.45) is 4.65. The lowest BCUT2D eigenvalue weighted by Crippen LogP contribution is -2.29. The van der Waals surface area contributed by atoms with Crippen LogP contribution in [-0.4, -0.2) is 41.4 Å². The highest BCUT2D eigenvalue weighted by atomic mass is 79.9. The second-order valence-corrected chi connectivity index (χ2v) is 8.37. The molecule has 1 aliphatic rings. The van der Waals surface area contributed by atoms with Gasteiger partial charge in [-0.3, -0.25) is 14.5 Å². The number of unbranched alkanes of at least 4 members (excludes halogenated alkanes) is 2. The van der Waals surface area contributed by atoms with E-state index in [9.17, 15) is 9.59 Å². The predicted octanol–water partition coefficient (Wildman–Crippen LogP) is 4.78. The average molecular weight is 472 g/mol. The number of carbonyl (C=O) groups excluding carboxylic acids is 2. The highest BCUT2D eigenvalue weighted by molar-refractivity contribution is 9.10. The molecule has 0 unspecified atom stereocenters. The van der Waals surface area contributed by atoms with Crippen molar-refractivity contribution in [3.63, 3.8) is 0 Å². The van der Waals surface area contributed by atoms with Gasteiger partial charge in [0.05, 0.1) is 23.1 Å². The van der Waals surface area contributed by atoms with Gasteiger partial charge in [0, 0.05) is 13.0 Å². The molecule has 146 valence electrons. The molecule has 1 heterocycles. The smallest absolute Gasteiger partial charge is 0.305 e. The third-order valence-corrected chi connectivity index (χ3v) is 5.91. The van der Waals surface area contributed by atoms with Crippen LogP contribution in [0.2, 0.25) is 0 Å². The fourth-order valence-corrected chi connectivity index (χ4v) is 4.43. The summed E-state index contributed by atoms with van der Waals surface area (Å²) >= 11 is 10.1. The molecule has 8 heteroatoms. The van der Waals surface area contributed by atoms with Crippen molar-refractivity contribution < 1.29 is 19.1 Å². The van der Waals surface area contributed by atoms with Gasteiger partial charge < -0.3 is 9.47 Å². The molecule has 0 aromatic heterocycles. The summed E-state index contributed by atoms with van der Waals surface area (Å²) in [5.41, 5.74) is 0.901. The number of carbonyl (C=O) groups is 2. The van der Waals surface area contributed by atoms with Crippen LogP contribution in [0, 0.1) is 0 Å². The van der Waals surface area contributed by atoms with E-state index in [0.717, 1.165) is 35.0 Å². The van der Waals surface area contributed by atoms with Crippen molar-refractivity contribution in [2.45, 2.75) is 32.6 Å². The minimum Gasteiger partial charge on any atom is -0.496 e. The Morgan fingerprint density at radius 1 is 1.33 bits per heavy atom. The standard InChI is InChI=1S/C19H22BrNO4S2/c1-3-25-17(22)7-5-4-6-10-21-18(23)16(27-19(21)26)12-13-8-9-15(24-2)14(20)11-13/h8-9,11-12H,3-7,10H2,1-2H3/b16-12+. The number of hydrogen-bond acceptors (Lipinski definition) is 6. The van der Waals surface area contributed by atoms with Crippen molar-refractivity contribution in [3.8, 4) is 5.75 Å². The quantitative estimate of drug-likeness (QED) is 0.223. The second-order valence-electron chi connectivity index (χ2n) is 5.84. The molecule has 1 amide bonds. The van der Waals surface area contributed by atoms with E-state index in [1.807, 2.05) is 24.3 Å². The van der Waals surface area contributed by atoms with Crippen LogP contribution in [0.4, 0.5) is 0 Å². The number of thioether (sulfide) groups is 1. The number of halogens is 1. The molecule has 0 saturated carbocycles. The third-order valence-electron chi connectivity index (χ3n) is 3.92. The van der Waals surface area contributed by atoms with Crippen molar-refractivity contribution >= 4 is 62.2 Å². The molecule has 2 rings (SSSR count). The van der Waals surface area contributed by atoms with Crippen LogP contribution in [0.15, 0.2) is 27.6 Å². The van der Waals surface area contributed by atoms with Crippen LogP contribution in [0.5, 0.6) is 5.75 Å². The summed E-state index contributed by atoms with van der Waals surface area (Å²) in [7, 11) is 1.61. The molecule has 1 saturated heterocycles. The molecule has 0 aliphatic carbocycles. The molecular weight excluding hydrogens is 450 g/mol. The lowest BCUT2D eigenvalue weighted by atomic mass is 10.2. The zero-order valence-electron chi connectivity index (χ0n) is 15.3. The molecule has 1 fully saturated rings. The molecule has 1 aromatic rings. The first-order valence-corrected chi connectivity index (χ1v) is 10.7. The van der Waals surface area contributed by atoms with E-state index in [1.54, 1.807) is 18.9 Å². The molecule has 1 aliphatic heterocycles. The van der Waals surface area contributed by atoms with E-state index in [2.05, 4.69) is 15.9 Å². The van der Waals surface area contributed by atoms with Gasteiger partial charge in [-0.05, 0) is 59.5 Å². The Morgan fingerprint density at radius 2 is 2.11 bits per heavy atom. The molecule has 5 nitrogen and oxygen atoms in total. The Morgan fingerprint density at radius 3 is 2.78 bits per heavy atom. The van der Waals surface area contributed by atoms with Crippen molar-refractivity contribution in [2.75, 3.05) is 20.3 Å². The summed E-state index contributed by atoms with van der Waals surface area (Å²) < 4.78 is 11.5. The van der Waals surface area contributed by atoms with Gasteiger partial charge in [-0.2, -0.15) is 0 Å². The number of ether oxygens (including phenoxy) is 2. The number of nitrogens with zero attached hydrogens (tertiary/aromatic N) is 1. The first kappa shape index (κ1) is 21.9. The topological polar surface area (TPSA) is 55.8 Å². The maximum atomic E-state index is 12.6. The second kappa shape index (κ2) is 10.8. The number of esters is 1. The third kappa shape index (κ3) is 6.33. The summed E-state index contributed by atoms with van der Waals surface area (Å²) in [5.74, 6) is 0.501. The number of hydrogen-bond donors (Lipinski definition) is 0. The van der Waals surface area contributed by atoms with Gasteiger partial charge in [-0.1, -0.05) is 36.5 Å². The molecular formula is C19H22BrNO4S2. The van der Waals surface area contributed by atoms with E-state index in [1.165, 1.54) is 11.8 Å². The van der Waals surface area contributed by atoms with Crippen molar-refractivity contribution in [1.29, 1.82) is 0 Å². The Labute approximate surface area is 177 Å². The van der Waals surface area contributed by atoms with Crippen LogP contribution in [0.3, 0.4) is 0 Å². The zero-order valence-corrected chi connectivity index (χ0v) is 18.5. The summed E-state index contributed by atoms with van der Waals surface area (Å²) in [6.45, 7) is 2.77. The highest BCUT2D eigenvalue weighted by Crippen LogP contribution is 2.34. The largest absolute Gasteiger partial charge is 0.496 e. The first-order valence-electron chi connectivity index (χ1n) is 8.70. The Hall–Kier alpha value is -1.38. The van der Waals surface area contributed by atoms with Crippen LogP contribution < -0.4 is 4.74 Å². The first-order chi connectivity index (χ1) is 13.0. The number of rotatable bonds is 9. The van der Waals surface area contributed by atoms with Crippen molar-refractivity contribution in [1.82, 2.24) is 4.90 Å². The van der Waals surface area contributed by atoms with E-state index >= 15 is 0 Å². The molecule has 0 bridgehead atoms. The molecule has 0 spiro atoms. The SMILES string of the molecule is CCOC(=O)CCCCCN1C(=O)/C(=C\c2ccc(OC)c(Br)c2)SC1=S. The fraction of sp³-hybridized carbons (Fsp3) is 0.421. The molecule has 0 atom stereocenters. The lowest BCUT2D eigenvalue weighted by Gasteiger charge is -2.14. The van der Waals surface area contributed by atoms with E-state index in [0.29, 0.717) is 28.8 Å². The van der Waals surface area contributed by atoms with Gasteiger partial charge in [-0.25, -0.2) is 0 Å². The summed E-state index contributed by atoms with van der Waals surface area (Å²) in [5, 5.41) is 0. The van der Waals surface area contributed by atoms with Crippen LogP contribution in [-0.2, 0) is 14.3 Å². The van der Waals surface area contributed by atoms with E-state index in [4.69, 9.17) is 21.7 Å². The average Bonchev–Trinajstić information content (AvgIpc) is 2.89.